The molecule has 0 heterocycles. The monoisotopic (exact) mass is 605 g/mol. The molecular weight excluding hydrogens is 577 g/mol. The minimum absolute atomic E-state index is 0.0493. The van der Waals surface area contributed by atoms with E-state index in [1.807, 2.05) is 13.8 Å². The molecule has 0 radical (unpaired) electrons. The lowest BCUT2D eigenvalue weighted by Crippen LogP contribution is -2.52. The molecule has 2 rings (SSSR count). The van der Waals surface area contributed by atoms with Gasteiger partial charge in [-0.3, -0.25) is 13.9 Å². The van der Waals surface area contributed by atoms with E-state index in [4.69, 9.17) is 11.6 Å². The summed E-state index contributed by atoms with van der Waals surface area (Å²) in [4.78, 5) is 27.7. The van der Waals surface area contributed by atoms with Crippen LogP contribution in [0.15, 0.2) is 48.5 Å². The van der Waals surface area contributed by atoms with E-state index in [-0.39, 0.29) is 18.5 Å². The Bertz CT molecular complexity index is 1060. The number of halogens is 2. The van der Waals surface area contributed by atoms with Crippen LogP contribution >= 0.6 is 34.2 Å². The van der Waals surface area contributed by atoms with E-state index in [2.05, 4.69) is 27.9 Å². The van der Waals surface area contributed by atoms with Gasteiger partial charge in [0.1, 0.15) is 12.6 Å². The fraction of sp³-hybridized carbons (Fsp3) is 0.391. The third-order valence-corrected chi connectivity index (χ3v) is 7.34. The van der Waals surface area contributed by atoms with Crippen molar-refractivity contribution in [2.24, 2.45) is 0 Å². The Kier molecular flexibility index (Phi) is 9.99. The molecule has 0 fully saturated rings. The van der Waals surface area contributed by atoms with Crippen LogP contribution in [0.1, 0.15) is 32.8 Å². The SMILES string of the molecule is CC[C@@H](C)NC(=O)[C@@H](C)N(Cc1ccc(Cl)cc1)C(=O)CN(c1ccc(I)cc1)S(C)(=O)=O. The van der Waals surface area contributed by atoms with Gasteiger partial charge < -0.3 is 10.2 Å². The predicted molar refractivity (Wildman–Crippen MR) is 141 cm³/mol. The van der Waals surface area contributed by atoms with Crippen LogP contribution in [-0.2, 0) is 26.2 Å². The number of hydrogen-bond donors (Lipinski definition) is 1. The quantitative estimate of drug-likeness (QED) is 0.414. The Morgan fingerprint density at radius 3 is 2.15 bits per heavy atom. The van der Waals surface area contributed by atoms with Gasteiger partial charge >= 0.3 is 0 Å². The first kappa shape index (κ1) is 27.4. The topological polar surface area (TPSA) is 86.8 Å². The van der Waals surface area contributed by atoms with Gasteiger partial charge in [0.2, 0.25) is 21.8 Å². The summed E-state index contributed by atoms with van der Waals surface area (Å²) < 4.78 is 27.0. The number of nitrogens with one attached hydrogen (secondary N) is 1. The molecule has 2 amide bonds. The van der Waals surface area contributed by atoms with Crippen molar-refractivity contribution >= 4 is 61.7 Å². The van der Waals surface area contributed by atoms with Crippen LogP contribution in [0.4, 0.5) is 5.69 Å². The lowest BCUT2D eigenvalue weighted by atomic mass is 10.1. The van der Waals surface area contributed by atoms with Gasteiger partial charge in [0.25, 0.3) is 0 Å². The highest BCUT2D eigenvalue weighted by atomic mass is 127. The average Bonchev–Trinajstić information content (AvgIpc) is 2.76. The van der Waals surface area contributed by atoms with Crippen molar-refractivity contribution in [3.63, 3.8) is 0 Å². The maximum atomic E-state index is 13.4. The number of carbonyl (C=O) groups is 2. The Balaban J connectivity index is 2.36. The Morgan fingerprint density at radius 2 is 1.64 bits per heavy atom. The summed E-state index contributed by atoms with van der Waals surface area (Å²) in [5, 5.41) is 3.45. The fourth-order valence-corrected chi connectivity index (χ4v) is 4.39. The molecule has 0 aliphatic carbocycles. The molecule has 10 heteroatoms. The maximum Gasteiger partial charge on any atom is 0.244 e. The van der Waals surface area contributed by atoms with Crippen LogP contribution in [0.25, 0.3) is 0 Å². The van der Waals surface area contributed by atoms with E-state index in [0.717, 1.165) is 26.1 Å². The normalized spacial score (nSPS) is 13.2. The molecule has 0 spiro atoms. The van der Waals surface area contributed by atoms with Crippen molar-refractivity contribution in [1.29, 1.82) is 0 Å². The molecular formula is C23H29ClIN3O4S. The van der Waals surface area contributed by atoms with Crippen LogP contribution < -0.4 is 9.62 Å². The summed E-state index contributed by atoms with van der Waals surface area (Å²) in [5.41, 5.74) is 1.16. The predicted octanol–water partition coefficient (Wildman–Crippen LogP) is 4.04. The standard InChI is InChI=1S/C23H29ClIN3O4S/c1-5-16(2)26-23(30)17(3)27(14-18-6-8-19(24)9-7-18)22(29)15-28(33(4,31)32)21-12-10-20(25)11-13-21/h6-13,16-17H,5,14-15H2,1-4H3,(H,26,30)/t16-,17-/m1/s1. The van der Waals surface area contributed by atoms with E-state index < -0.39 is 28.5 Å². The van der Waals surface area contributed by atoms with Gasteiger partial charge in [-0.05, 0) is 84.8 Å². The van der Waals surface area contributed by atoms with Crippen molar-refractivity contribution in [2.45, 2.75) is 45.8 Å². The molecule has 33 heavy (non-hydrogen) atoms. The molecule has 0 bridgehead atoms. The van der Waals surface area contributed by atoms with Crippen LogP contribution in [0.5, 0.6) is 0 Å². The molecule has 0 aromatic heterocycles. The number of nitrogens with zero attached hydrogens (tertiary/aromatic N) is 2. The summed E-state index contributed by atoms with van der Waals surface area (Å²) in [5.74, 6) is -0.785. The number of anilines is 1. The highest BCUT2D eigenvalue weighted by Crippen LogP contribution is 2.21. The zero-order valence-corrected chi connectivity index (χ0v) is 22.8. The summed E-state index contributed by atoms with van der Waals surface area (Å²) in [6.45, 7) is 5.19. The van der Waals surface area contributed by atoms with E-state index >= 15 is 0 Å². The average molecular weight is 606 g/mol. The van der Waals surface area contributed by atoms with Crippen molar-refractivity contribution in [2.75, 3.05) is 17.1 Å². The van der Waals surface area contributed by atoms with Gasteiger partial charge in [-0.1, -0.05) is 30.7 Å². The summed E-state index contributed by atoms with van der Waals surface area (Å²) in [7, 11) is -3.74. The maximum absolute atomic E-state index is 13.4. The fourth-order valence-electron chi connectivity index (χ4n) is 3.06. The molecule has 0 saturated carbocycles. The Morgan fingerprint density at radius 1 is 1.06 bits per heavy atom. The molecule has 2 aromatic rings. The number of hydrogen-bond acceptors (Lipinski definition) is 4. The largest absolute Gasteiger partial charge is 0.352 e. The van der Waals surface area contributed by atoms with E-state index in [9.17, 15) is 18.0 Å². The highest BCUT2D eigenvalue weighted by Gasteiger charge is 2.30. The van der Waals surface area contributed by atoms with Crippen molar-refractivity contribution in [3.05, 3.63) is 62.7 Å². The molecule has 7 nitrogen and oxygen atoms in total. The molecule has 0 saturated heterocycles. The third-order valence-electron chi connectivity index (χ3n) is 5.23. The minimum atomic E-state index is -3.74. The first-order chi connectivity index (χ1) is 15.4. The van der Waals surface area contributed by atoms with Gasteiger partial charge in [-0.2, -0.15) is 0 Å². The van der Waals surface area contributed by atoms with E-state index in [0.29, 0.717) is 10.7 Å². The highest BCUT2D eigenvalue weighted by molar-refractivity contribution is 14.1. The molecule has 0 unspecified atom stereocenters. The first-order valence-corrected chi connectivity index (χ1v) is 13.8. The molecule has 0 aliphatic heterocycles. The van der Waals surface area contributed by atoms with Crippen LogP contribution in [0.3, 0.4) is 0 Å². The minimum Gasteiger partial charge on any atom is -0.352 e. The third kappa shape index (κ3) is 8.15. The number of carbonyl (C=O) groups excluding carboxylic acids is 2. The second kappa shape index (κ2) is 12.0. The first-order valence-electron chi connectivity index (χ1n) is 10.5. The van der Waals surface area contributed by atoms with Crippen molar-refractivity contribution < 1.29 is 18.0 Å². The number of sulfonamides is 1. The molecule has 2 aromatic carbocycles. The summed E-state index contributed by atoms with van der Waals surface area (Å²) >= 11 is 8.10. The van der Waals surface area contributed by atoms with Crippen molar-refractivity contribution in [1.82, 2.24) is 10.2 Å². The Hall–Kier alpha value is -1.85. The van der Waals surface area contributed by atoms with Crippen molar-refractivity contribution in [3.8, 4) is 0 Å². The lowest BCUT2D eigenvalue weighted by molar-refractivity contribution is -0.139. The van der Waals surface area contributed by atoms with Gasteiger partial charge in [-0.25, -0.2) is 8.42 Å². The molecule has 180 valence electrons. The number of rotatable bonds is 10. The summed E-state index contributed by atoms with van der Waals surface area (Å²) in [6, 6.07) is 12.9. The van der Waals surface area contributed by atoms with Crippen LogP contribution in [0.2, 0.25) is 5.02 Å². The van der Waals surface area contributed by atoms with E-state index in [1.54, 1.807) is 55.5 Å². The lowest BCUT2D eigenvalue weighted by Gasteiger charge is -2.32. The van der Waals surface area contributed by atoms with Crippen LogP contribution in [0, 0.1) is 3.57 Å². The Labute approximate surface area is 214 Å². The zero-order chi connectivity index (χ0) is 24.8. The van der Waals surface area contributed by atoms with Gasteiger partial charge in [0.05, 0.1) is 11.9 Å². The molecule has 2 atom stereocenters. The molecule has 0 aliphatic rings. The number of amides is 2. The second-order valence-electron chi connectivity index (χ2n) is 7.89. The zero-order valence-electron chi connectivity index (χ0n) is 19.1. The number of benzene rings is 2. The summed E-state index contributed by atoms with van der Waals surface area (Å²) in [6.07, 6.45) is 1.80. The van der Waals surface area contributed by atoms with Gasteiger partial charge in [-0.15, -0.1) is 0 Å². The van der Waals surface area contributed by atoms with E-state index in [1.165, 1.54) is 4.90 Å². The smallest absolute Gasteiger partial charge is 0.244 e. The van der Waals surface area contributed by atoms with Gasteiger partial charge in [0, 0.05) is 21.2 Å². The second-order valence-corrected chi connectivity index (χ2v) is 11.5. The van der Waals surface area contributed by atoms with Gasteiger partial charge in [0.15, 0.2) is 0 Å². The van der Waals surface area contributed by atoms with Crippen LogP contribution in [-0.4, -0.2) is 50.0 Å². The molecule has 1 N–H and O–H groups in total.